The Kier molecular flexibility index (Phi) is 8.00. The number of para-hydroxylation sites is 1. The largest absolute Gasteiger partial charge is 0.507 e. The third-order valence-electron chi connectivity index (χ3n) is 6.96. The molecule has 0 saturated heterocycles. The van der Waals surface area contributed by atoms with E-state index in [-0.39, 0.29) is 27.6 Å². The summed E-state index contributed by atoms with van der Waals surface area (Å²) in [5, 5.41) is 16.0. The van der Waals surface area contributed by atoms with Crippen molar-refractivity contribution in [2.24, 2.45) is 7.05 Å². The monoisotopic (exact) mass is 594 g/mol. The highest BCUT2D eigenvalue weighted by Crippen LogP contribution is 2.38. The Morgan fingerprint density at radius 2 is 1.80 bits per heavy atom. The van der Waals surface area contributed by atoms with E-state index in [1.807, 2.05) is 18.2 Å². The van der Waals surface area contributed by atoms with E-state index in [2.05, 4.69) is 10.6 Å². The highest BCUT2D eigenvalue weighted by molar-refractivity contribution is 7.17. The number of nitrogens with one attached hydrogen (secondary N) is 2. The fourth-order valence-electron chi connectivity index (χ4n) is 4.83. The number of amides is 2. The zero-order valence-corrected chi connectivity index (χ0v) is 23.9. The average Bonchev–Trinajstić information content (AvgIpc) is 3.41. The summed E-state index contributed by atoms with van der Waals surface area (Å²) in [6, 6.07) is 13.0. The maximum absolute atomic E-state index is 13.7. The first kappa shape index (κ1) is 28.2. The number of carbonyl (C=O) groups is 3. The molecule has 212 valence electrons. The Balaban J connectivity index is 1.37. The van der Waals surface area contributed by atoms with E-state index >= 15 is 0 Å². The molecule has 1 aliphatic carbocycles. The summed E-state index contributed by atoms with van der Waals surface area (Å²) >= 11 is 7.10. The Labute approximate surface area is 244 Å². The van der Waals surface area contributed by atoms with Gasteiger partial charge in [0.2, 0.25) is 0 Å². The van der Waals surface area contributed by atoms with Crippen molar-refractivity contribution in [2.75, 3.05) is 17.2 Å². The van der Waals surface area contributed by atoms with E-state index in [4.69, 9.17) is 16.3 Å². The number of aromatic nitrogens is 2. The topological polar surface area (TPSA) is 132 Å². The van der Waals surface area contributed by atoms with Crippen molar-refractivity contribution in [3.63, 3.8) is 0 Å². The molecule has 10 nitrogen and oxygen atoms in total. The molecular weight excluding hydrogens is 568 g/mol. The lowest BCUT2D eigenvalue weighted by Crippen LogP contribution is -2.25. The van der Waals surface area contributed by atoms with Gasteiger partial charge in [0.1, 0.15) is 22.0 Å². The van der Waals surface area contributed by atoms with Crippen molar-refractivity contribution in [3.8, 4) is 11.4 Å². The van der Waals surface area contributed by atoms with Gasteiger partial charge in [-0.3, -0.25) is 19.1 Å². The first-order chi connectivity index (χ1) is 19.7. The van der Waals surface area contributed by atoms with Gasteiger partial charge in [-0.2, -0.15) is 0 Å². The van der Waals surface area contributed by atoms with E-state index in [1.165, 1.54) is 34.2 Å². The van der Waals surface area contributed by atoms with E-state index in [0.717, 1.165) is 29.7 Å². The minimum atomic E-state index is -0.896. The highest BCUT2D eigenvalue weighted by Gasteiger charge is 2.28. The van der Waals surface area contributed by atoms with Crippen molar-refractivity contribution >= 4 is 51.4 Å². The molecule has 2 amide bonds. The molecule has 2 aromatic heterocycles. The molecule has 41 heavy (non-hydrogen) atoms. The fourth-order valence-corrected chi connectivity index (χ4v) is 6.30. The molecule has 2 aromatic carbocycles. The van der Waals surface area contributed by atoms with Crippen molar-refractivity contribution in [3.05, 3.63) is 91.2 Å². The summed E-state index contributed by atoms with van der Waals surface area (Å²) in [5.74, 6) is -2.42. The van der Waals surface area contributed by atoms with Gasteiger partial charge in [0.05, 0.1) is 16.9 Å². The molecule has 0 radical (unpaired) electrons. The average molecular weight is 595 g/mol. The van der Waals surface area contributed by atoms with Gasteiger partial charge in [-0.25, -0.2) is 9.48 Å². The minimum Gasteiger partial charge on any atom is -0.507 e. The number of ether oxygens (including phenoxy) is 1. The number of fused-ring (bicyclic) bond motifs is 1. The summed E-state index contributed by atoms with van der Waals surface area (Å²) < 4.78 is 8.22. The van der Waals surface area contributed by atoms with Crippen molar-refractivity contribution < 1.29 is 24.2 Å². The SMILES string of the molecule is Cc1c(NC(=O)c2c(NC(=O)COC(=O)c3ccc(Cl)cc3O)sc3c2CCCC3)c(=O)n(-c2ccccc2)n1C. The van der Waals surface area contributed by atoms with Crippen molar-refractivity contribution in [2.45, 2.75) is 32.6 Å². The number of phenolic OH excluding ortho intramolecular Hbond substituents is 1. The predicted molar refractivity (Wildman–Crippen MR) is 157 cm³/mol. The van der Waals surface area contributed by atoms with Crippen LogP contribution in [0.3, 0.4) is 0 Å². The van der Waals surface area contributed by atoms with Crippen LogP contribution < -0.4 is 16.2 Å². The second kappa shape index (κ2) is 11.6. The van der Waals surface area contributed by atoms with Crippen LogP contribution in [-0.2, 0) is 29.4 Å². The summed E-state index contributed by atoms with van der Waals surface area (Å²) in [7, 11) is 1.74. The smallest absolute Gasteiger partial charge is 0.342 e. The van der Waals surface area contributed by atoms with Crippen LogP contribution in [0.2, 0.25) is 5.02 Å². The van der Waals surface area contributed by atoms with Crippen LogP contribution in [0.5, 0.6) is 5.75 Å². The number of thiophene rings is 1. The normalized spacial score (nSPS) is 12.5. The van der Waals surface area contributed by atoms with Crippen LogP contribution in [-0.4, -0.2) is 38.9 Å². The molecule has 5 rings (SSSR count). The molecule has 1 aliphatic rings. The number of hydrogen-bond acceptors (Lipinski definition) is 7. The lowest BCUT2D eigenvalue weighted by atomic mass is 9.95. The maximum atomic E-state index is 13.7. The molecule has 0 saturated carbocycles. The standard InChI is InChI=1S/C29H27ClN4O6S/c1-16-25(28(38)34(33(16)2)18-8-4-3-5-9-18)32-26(37)24-20-10-6-7-11-22(20)41-27(24)31-23(36)15-40-29(39)19-13-12-17(30)14-21(19)35/h3-5,8-9,12-14,35H,6-7,10-11,15H2,1-2H3,(H,31,36)(H,32,37). The first-order valence-electron chi connectivity index (χ1n) is 12.9. The number of esters is 1. The summed E-state index contributed by atoms with van der Waals surface area (Å²) in [6.45, 7) is 1.11. The van der Waals surface area contributed by atoms with Gasteiger partial charge in [0.25, 0.3) is 17.4 Å². The van der Waals surface area contributed by atoms with Gasteiger partial charge < -0.3 is 20.5 Å². The fraction of sp³-hybridized carbons (Fsp3) is 0.241. The quantitative estimate of drug-likeness (QED) is 0.263. The Hall–Kier alpha value is -4.35. The Bertz CT molecular complexity index is 1720. The minimum absolute atomic E-state index is 0.131. The lowest BCUT2D eigenvalue weighted by molar-refractivity contribution is -0.119. The maximum Gasteiger partial charge on any atom is 0.342 e. The lowest BCUT2D eigenvalue weighted by Gasteiger charge is -2.13. The van der Waals surface area contributed by atoms with Crippen molar-refractivity contribution in [1.82, 2.24) is 9.36 Å². The number of hydrogen-bond donors (Lipinski definition) is 3. The number of halogens is 1. The summed E-state index contributed by atoms with van der Waals surface area (Å²) in [6.07, 6.45) is 3.29. The number of aryl methyl sites for hydroxylation is 1. The molecule has 12 heteroatoms. The molecule has 0 spiro atoms. The summed E-state index contributed by atoms with van der Waals surface area (Å²) in [5.41, 5.74) is 2.00. The number of aromatic hydroxyl groups is 1. The number of anilines is 2. The third kappa shape index (κ3) is 5.63. The first-order valence-corrected chi connectivity index (χ1v) is 14.1. The van der Waals surface area contributed by atoms with Gasteiger partial charge in [-0.1, -0.05) is 29.8 Å². The van der Waals surface area contributed by atoms with Crippen LogP contribution in [0.15, 0.2) is 53.3 Å². The van der Waals surface area contributed by atoms with Gasteiger partial charge in [0, 0.05) is 16.9 Å². The Morgan fingerprint density at radius 1 is 1.07 bits per heavy atom. The van der Waals surface area contributed by atoms with Gasteiger partial charge in [0.15, 0.2) is 6.61 Å². The van der Waals surface area contributed by atoms with E-state index < -0.39 is 24.4 Å². The molecule has 2 heterocycles. The molecule has 0 bridgehead atoms. The molecular formula is C29H27ClN4O6S. The second-order valence-electron chi connectivity index (χ2n) is 9.59. The van der Waals surface area contributed by atoms with Crippen LogP contribution >= 0.6 is 22.9 Å². The number of carbonyl (C=O) groups excluding carboxylic acids is 3. The van der Waals surface area contributed by atoms with E-state index in [9.17, 15) is 24.3 Å². The molecule has 0 fully saturated rings. The molecule has 4 aromatic rings. The van der Waals surface area contributed by atoms with Crippen LogP contribution in [0.25, 0.3) is 5.69 Å². The molecule has 0 unspecified atom stereocenters. The summed E-state index contributed by atoms with van der Waals surface area (Å²) in [4.78, 5) is 53.2. The van der Waals surface area contributed by atoms with Crippen LogP contribution in [0.1, 0.15) is 49.7 Å². The predicted octanol–water partition coefficient (Wildman–Crippen LogP) is 4.83. The molecule has 3 N–H and O–H groups in total. The number of nitrogens with zero attached hydrogens (tertiary/aromatic N) is 2. The van der Waals surface area contributed by atoms with E-state index in [0.29, 0.717) is 28.4 Å². The number of rotatable bonds is 7. The van der Waals surface area contributed by atoms with Crippen LogP contribution in [0.4, 0.5) is 10.7 Å². The van der Waals surface area contributed by atoms with Crippen LogP contribution in [0, 0.1) is 6.92 Å². The molecule has 0 aliphatic heterocycles. The molecule has 0 atom stereocenters. The van der Waals surface area contributed by atoms with E-state index in [1.54, 1.807) is 30.8 Å². The third-order valence-corrected chi connectivity index (χ3v) is 8.40. The highest BCUT2D eigenvalue weighted by atomic mass is 35.5. The zero-order chi connectivity index (χ0) is 29.3. The van der Waals surface area contributed by atoms with Gasteiger partial charge in [-0.15, -0.1) is 11.3 Å². The number of phenols is 1. The van der Waals surface area contributed by atoms with Crippen molar-refractivity contribution in [1.29, 1.82) is 0 Å². The van der Waals surface area contributed by atoms with Gasteiger partial charge >= 0.3 is 5.97 Å². The Morgan fingerprint density at radius 3 is 2.54 bits per heavy atom. The van der Waals surface area contributed by atoms with Gasteiger partial charge in [-0.05, 0) is 68.5 Å². The zero-order valence-electron chi connectivity index (χ0n) is 22.3. The second-order valence-corrected chi connectivity index (χ2v) is 11.1. The number of benzene rings is 2.